The number of hydrogen-bond donors (Lipinski definition) is 1. The van der Waals surface area contributed by atoms with Gasteiger partial charge in [-0.3, -0.25) is 4.79 Å². The maximum absolute atomic E-state index is 12.3. The maximum Gasteiger partial charge on any atom is 0.342 e. The van der Waals surface area contributed by atoms with Crippen LogP contribution in [0.4, 0.5) is 0 Å². The standard InChI is InChI=1S/C15H16O6/c1-5(2)7-8-11(16)19-9(7)10-13(3)14(8,18)4-6-15(13,21-6)12(17)20-10/h6-10,18H,1,4H2,2-3H3/t6?,7-,8+,9+,10+,13+,14+,15-/m0/s1. The largest absolute Gasteiger partial charge is 0.457 e. The van der Waals surface area contributed by atoms with Gasteiger partial charge in [-0.25, -0.2) is 4.79 Å². The molecular formula is C15H16O6. The molecule has 21 heavy (non-hydrogen) atoms. The Kier molecular flexibility index (Phi) is 1.68. The maximum atomic E-state index is 12.3. The van der Waals surface area contributed by atoms with Gasteiger partial charge >= 0.3 is 11.9 Å². The van der Waals surface area contributed by atoms with E-state index in [1.165, 1.54) is 0 Å². The molecule has 5 aliphatic rings. The van der Waals surface area contributed by atoms with Crippen molar-refractivity contribution in [1.29, 1.82) is 0 Å². The highest BCUT2D eigenvalue weighted by molar-refractivity contribution is 5.91. The Bertz CT molecular complexity index is 642. The zero-order valence-corrected chi connectivity index (χ0v) is 11.8. The number of ether oxygens (including phenoxy) is 3. The van der Waals surface area contributed by atoms with Crippen molar-refractivity contribution >= 4 is 11.9 Å². The smallest absolute Gasteiger partial charge is 0.342 e. The Morgan fingerprint density at radius 1 is 1.38 bits per heavy atom. The molecule has 0 aromatic carbocycles. The molecule has 0 radical (unpaired) electrons. The van der Waals surface area contributed by atoms with E-state index in [-0.39, 0.29) is 18.4 Å². The SMILES string of the molecule is C=C(C)[C@@H]1[C@H]2OC(=O)[C@@H]1[C@]1(O)CC3O[C@]34C(=O)O[C@H]2[C@@]41C. The fraction of sp³-hybridized carbons (Fsp3) is 0.733. The summed E-state index contributed by atoms with van der Waals surface area (Å²) in [6.45, 7) is 7.55. The van der Waals surface area contributed by atoms with E-state index in [0.29, 0.717) is 0 Å². The van der Waals surface area contributed by atoms with Gasteiger partial charge in [-0.1, -0.05) is 12.2 Å². The van der Waals surface area contributed by atoms with Crippen molar-refractivity contribution in [2.75, 3.05) is 0 Å². The number of carbonyl (C=O) groups is 2. The van der Waals surface area contributed by atoms with Crippen LogP contribution < -0.4 is 0 Å². The van der Waals surface area contributed by atoms with Crippen LogP contribution >= 0.6 is 0 Å². The molecule has 6 nitrogen and oxygen atoms in total. The number of rotatable bonds is 1. The Hall–Kier alpha value is -1.40. The second-order valence-electron chi connectivity index (χ2n) is 7.25. The lowest BCUT2D eigenvalue weighted by Crippen LogP contribution is -2.66. The molecule has 2 bridgehead atoms. The quantitative estimate of drug-likeness (QED) is 0.414. The molecule has 1 spiro atoms. The molecule has 2 saturated carbocycles. The van der Waals surface area contributed by atoms with Crippen LogP contribution in [0, 0.1) is 17.3 Å². The van der Waals surface area contributed by atoms with Crippen molar-refractivity contribution in [3.63, 3.8) is 0 Å². The summed E-state index contributed by atoms with van der Waals surface area (Å²) in [4.78, 5) is 24.7. The van der Waals surface area contributed by atoms with Gasteiger partial charge in [-0.2, -0.15) is 0 Å². The second kappa shape index (κ2) is 2.90. The van der Waals surface area contributed by atoms with Crippen molar-refractivity contribution < 1.29 is 28.9 Å². The summed E-state index contributed by atoms with van der Waals surface area (Å²) in [5.41, 5.74) is -2.60. The van der Waals surface area contributed by atoms with Gasteiger partial charge in [0.1, 0.15) is 12.2 Å². The molecule has 2 aliphatic carbocycles. The van der Waals surface area contributed by atoms with E-state index in [2.05, 4.69) is 6.58 Å². The van der Waals surface area contributed by atoms with E-state index < -0.39 is 46.7 Å². The molecule has 0 aromatic rings. The van der Waals surface area contributed by atoms with Crippen molar-refractivity contribution in [1.82, 2.24) is 0 Å². The predicted molar refractivity (Wildman–Crippen MR) is 66.8 cm³/mol. The van der Waals surface area contributed by atoms with Crippen LogP contribution in [0.25, 0.3) is 0 Å². The highest BCUT2D eigenvalue weighted by atomic mass is 16.7. The molecule has 5 fully saturated rings. The zero-order chi connectivity index (χ0) is 14.9. The first-order chi connectivity index (χ1) is 9.79. The zero-order valence-electron chi connectivity index (χ0n) is 11.8. The molecule has 0 amide bonds. The van der Waals surface area contributed by atoms with Crippen LogP contribution in [0.3, 0.4) is 0 Å². The van der Waals surface area contributed by atoms with Gasteiger partial charge in [-0.15, -0.1) is 0 Å². The van der Waals surface area contributed by atoms with Crippen LogP contribution in [-0.4, -0.2) is 46.6 Å². The van der Waals surface area contributed by atoms with Gasteiger partial charge < -0.3 is 19.3 Å². The van der Waals surface area contributed by atoms with Gasteiger partial charge in [-0.05, 0) is 13.8 Å². The lowest BCUT2D eigenvalue weighted by molar-refractivity contribution is -0.195. The third-order valence-electron chi connectivity index (χ3n) is 6.60. The average Bonchev–Trinajstić information content (AvgIpc) is 2.86. The van der Waals surface area contributed by atoms with Gasteiger partial charge in [0, 0.05) is 12.3 Å². The number of carbonyl (C=O) groups excluding carboxylic acids is 2. The molecule has 3 heterocycles. The van der Waals surface area contributed by atoms with Gasteiger partial charge in [0.2, 0.25) is 5.60 Å². The highest BCUT2D eigenvalue weighted by Crippen LogP contribution is 2.76. The van der Waals surface area contributed by atoms with Crippen LogP contribution in [0.1, 0.15) is 20.3 Å². The van der Waals surface area contributed by atoms with Crippen LogP contribution in [0.2, 0.25) is 0 Å². The Morgan fingerprint density at radius 2 is 2.10 bits per heavy atom. The monoisotopic (exact) mass is 292 g/mol. The molecule has 1 N–H and O–H groups in total. The fourth-order valence-electron chi connectivity index (χ4n) is 5.59. The minimum atomic E-state index is -1.35. The number of fused-ring (bicyclic) bond motifs is 4. The molecule has 6 heteroatoms. The van der Waals surface area contributed by atoms with Crippen LogP contribution in [-0.2, 0) is 23.8 Å². The van der Waals surface area contributed by atoms with Gasteiger partial charge in [0.25, 0.3) is 0 Å². The van der Waals surface area contributed by atoms with E-state index in [9.17, 15) is 14.7 Å². The average molecular weight is 292 g/mol. The van der Waals surface area contributed by atoms with E-state index in [0.717, 1.165) is 5.57 Å². The normalized spacial score (nSPS) is 62.0. The predicted octanol–water partition coefficient (Wildman–Crippen LogP) is -0.0620. The van der Waals surface area contributed by atoms with Crippen molar-refractivity contribution in [3.05, 3.63) is 12.2 Å². The van der Waals surface area contributed by atoms with Crippen LogP contribution in [0.5, 0.6) is 0 Å². The fourth-order valence-corrected chi connectivity index (χ4v) is 5.59. The van der Waals surface area contributed by atoms with Gasteiger partial charge in [0.05, 0.1) is 16.9 Å². The first-order valence-corrected chi connectivity index (χ1v) is 7.26. The highest BCUT2D eigenvalue weighted by Gasteiger charge is 2.95. The summed E-state index contributed by atoms with van der Waals surface area (Å²) in [5.74, 6) is -1.86. The minimum absolute atomic E-state index is 0.269. The van der Waals surface area contributed by atoms with Gasteiger partial charge in [0.15, 0.2) is 6.10 Å². The summed E-state index contributed by atoms with van der Waals surface area (Å²) in [6.07, 6.45) is -1.34. The Balaban J connectivity index is 1.78. The topological polar surface area (TPSA) is 85.4 Å². The lowest BCUT2D eigenvalue weighted by Gasteiger charge is -2.51. The number of aliphatic hydroxyl groups is 1. The van der Waals surface area contributed by atoms with Crippen molar-refractivity contribution in [3.8, 4) is 0 Å². The van der Waals surface area contributed by atoms with Crippen molar-refractivity contribution in [2.24, 2.45) is 17.3 Å². The summed E-state index contributed by atoms with van der Waals surface area (Å²) >= 11 is 0. The summed E-state index contributed by atoms with van der Waals surface area (Å²) in [6, 6.07) is 0. The molecular weight excluding hydrogens is 276 g/mol. The second-order valence-corrected chi connectivity index (χ2v) is 7.25. The van der Waals surface area contributed by atoms with E-state index >= 15 is 0 Å². The molecule has 3 aliphatic heterocycles. The summed E-state index contributed by atoms with van der Waals surface area (Å²) < 4.78 is 16.6. The first kappa shape index (κ1) is 12.2. The minimum Gasteiger partial charge on any atom is -0.457 e. The number of epoxide rings is 1. The molecule has 112 valence electrons. The third-order valence-corrected chi connectivity index (χ3v) is 6.60. The molecule has 1 unspecified atom stereocenters. The van der Waals surface area contributed by atoms with Crippen molar-refractivity contribution in [2.45, 2.75) is 49.8 Å². The Labute approximate surface area is 121 Å². The molecule has 0 aromatic heterocycles. The number of hydrogen-bond acceptors (Lipinski definition) is 6. The third kappa shape index (κ3) is 0.874. The lowest BCUT2D eigenvalue weighted by atomic mass is 9.53. The van der Waals surface area contributed by atoms with E-state index in [1.807, 2.05) is 6.92 Å². The first-order valence-electron chi connectivity index (χ1n) is 7.26. The number of esters is 2. The van der Waals surface area contributed by atoms with Crippen LogP contribution in [0.15, 0.2) is 12.2 Å². The molecule has 8 atom stereocenters. The molecule has 3 saturated heterocycles. The van der Waals surface area contributed by atoms with E-state index in [1.54, 1.807) is 6.92 Å². The van der Waals surface area contributed by atoms with E-state index in [4.69, 9.17) is 14.2 Å². The summed E-state index contributed by atoms with van der Waals surface area (Å²) in [5, 5.41) is 11.4. The summed E-state index contributed by atoms with van der Waals surface area (Å²) in [7, 11) is 0. The molecule has 5 rings (SSSR count). The Morgan fingerprint density at radius 3 is 2.76 bits per heavy atom.